The smallest absolute Gasteiger partial charge is 0.433 e. The summed E-state index contributed by atoms with van der Waals surface area (Å²) < 4.78 is 50.1. The lowest BCUT2D eigenvalue weighted by molar-refractivity contribution is -0.141. The molecule has 130 valence electrons. The van der Waals surface area contributed by atoms with Crippen LogP contribution in [0.3, 0.4) is 0 Å². The topological polar surface area (TPSA) is 66.2 Å². The average molecular weight is 343 g/mol. The fourth-order valence-corrected chi connectivity index (χ4v) is 2.40. The fourth-order valence-electron chi connectivity index (χ4n) is 2.40. The predicted molar refractivity (Wildman–Crippen MR) is 77.9 cm³/mol. The molecule has 0 aromatic carbocycles. The zero-order valence-electron chi connectivity index (χ0n) is 13.6. The first kappa shape index (κ1) is 17.8. The molecule has 2 aromatic rings. The van der Waals surface area contributed by atoms with Gasteiger partial charge in [0.25, 0.3) is 0 Å². The number of ether oxygens (including phenoxy) is 2. The van der Waals surface area contributed by atoms with Gasteiger partial charge in [-0.3, -0.25) is 0 Å². The van der Waals surface area contributed by atoms with Crippen LogP contribution >= 0.6 is 0 Å². The number of carbonyl (C=O) groups excluding carboxylic acids is 1. The van der Waals surface area contributed by atoms with E-state index in [-0.39, 0.29) is 17.7 Å². The van der Waals surface area contributed by atoms with Crippen LogP contribution in [0, 0.1) is 6.92 Å². The van der Waals surface area contributed by atoms with Crippen LogP contribution in [0.1, 0.15) is 33.0 Å². The Bertz CT molecular complexity index is 769. The molecule has 2 rings (SSSR count). The molecule has 0 aliphatic rings. The summed E-state index contributed by atoms with van der Waals surface area (Å²) in [5.41, 5.74) is -0.0334. The van der Waals surface area contributed by atoms with Crippen LogP contribution in [-0.4, -0.2) is 35.0 Å². The van der Waals surface area contributed by atoms with E-state index >= 15 is 0 Å². The number of rotatable bonds is 4. The van der Waals surface area contributed by atoms with Gasteiger partial charge in [0.05, 0.1) is 31.2 Å². The highest BCUT2D eigenvalue weighted by Gasteiger charge is 2.34. The van der Waals surface area contributed by atoms with E-state index in [1.54, 1.807) is 14.0 Å². The van der Waals surface area contributed by atoms with Crippen molar-refractivity contribution >= 4 is 5.97 Å². The molecule has 0 fully saturated rings. The Labute approximate surface area is 136 Å². The summed E-state index contributed by atoms with van der Waals surface area (Å²) in [5, 5.41) is 4.17. The zero-order chi connectivity index (χ0) is 18.1. The first-order chi connectivity index (χ1) is 11.2. The van der Waals surface area contributed by atoms with Crippen molar-refractivity contribution in [1.29, 1.82) is 0 Å². The van der Waals surface area contributed by atoms with Crippen molar-refractivity contribution in [2.24, 2.45) is 7.05 Å². The van der Waals surface area contributed by atoms with Crippen LogP contribution in [0.4, 0.5) is 13.2 Å². The highest BCUT2D eigenvalue weighted by molar-refractivity contribution is 5.90. The van der Waals surface area contributed by atoms with E-state index in [1.165, 1.54) is 11.8 Å². The second kappa shape index (κ2) is 6.50. The van der Waals surface area contributed by atoms with Crippen molar-refractivity contribution in [2.45, 2.75) is 19.5 Å². The number of aromatic nitrogens is 3. The Morgan fingerprint density at radius 1 is 1.29 bits per heavy atom. The lowest BCUT2D eigenvalue weighted by Crippen LogP contribution is -2.14. The summed E-state index contributed by atoms with van der Waals surface area (Å²) in [7, 11) is 4.23. The van der Waals surface area contributed by atoms with Crippen LogP contribution in [0.15, 0.2) is 12.1 Å². The molecule has 0 bridgehead atoms. The Morgan fingerprint density at radius 2 is 1.96 bits per heavy atom. The van der Waals surface area contributed by atoms with Gasteiger partial charge in [-0.1, -0.05) is 0 Å². The van der Waals surface area contributed by atoms with E-state index in [9.17, 15) is 18.0 Å². The van der Waals surface area contributed by atoms with Crippen LogP contribution in [0.5, 0.6) is 5.88 Å². The van der Waals surface area contributed by atoms with Gasteiger partial charge < -0.3 is 9.47 Å². The number of pyridine rings is 1. The fraction of sp³-hybridized carbons (Fsp3) is 0.400. The lowest BCUT2D eigenvalue weighted by Gasteiger charge is -2.12. The molecule has 0 saturated heterocycles. The van der Waals surface area contributed by atoms with Crippen molar-refractivity contribution in [1.82, 2.24) is 14.8 Å². The van der Waals surface area contributed by atoms with Crippen molar-refractivity contribution in [2.75, 3.05) is 14.2 Å². The van der Waals surface area contributed by atoms with Crippen LogP contribution in [-0.2, 0) is 24.4 Å². The third kappa shape index (κ3) is 3.34. The standard InChI is InChI=1S/C15H16F3N3O3/c1-8-10(13(23-3)21(2)20-8)7-11-9(14(22)24-4)5-6-12(19-11)15(16,17)18/h5-6H,7H2,1-4H3. The number of hydrogen-bond donors (Lipinski definition) is 0. The second-order valence-corrected chi connectivity index (χ2v) is 5.05. The van der Waals surface area contributed by atoms with Gasteiger partial charge in [-0.05, 0) is 19.1 Å². The number of halogens is 3. The second-order valence-electron chi connectivity index (χ2n) is 5.05. The number of methoxy groups -OCH3 is 2. The Kier molecular flexibility index (Phi) is 4.81. The molecule has 0 atom stereocenters. The third-order valence-electron chi connectivity index (χ3n) is 3.50. The molecule has 0 saturated carbocycles. The minimum absolute atomic E-state index is 0.0317. The van der Waals surface area contributed by atoms with E-state index < -0.39 is 17.8 Å². The van der Waals surface area contributed by atoms with E-state index in [0.717, 1.165) is 19.2 Å². The van der Waals surface area contributed by atoms with E-state index in [1.807, 2.05) is 0 Å². The summed E-state index contributed by atoms with van der Waals surface area (Å²) >= 11 is 0. The largest absolute Gasteiger partial charge is 0.481 e. The van der Waals surface area contributed by atoms with E-state index in [0.29, 0.717) is 17.1 Å². The minimum atomic E-state index is -4.61. The van der Waals surface area contributed by atoms with Gasteiger partial charge in [-0.2, -0.15) is 18.3 Å². The van der Waals surface area contributed by atoms with Gasteiger partial charge in [-0.25, -0.2) is 14.5 Å². The molecule has 0 aliphatic heterocycles. The first-order valence-electron chi connectivity index (χ1n) is 6.91. The number of alkyl halides is 3. The Morgan fingerprint density at radius 3 is 2.50 bits per heavy atom. The van der Waals surface area contributed by atoms with Crippen molar-refractivity contribution < 1.29 is 27.4 Å². The maximum Gasteiger partial charge on any atom is 0.433 e. The van der Waals surface area contributed by atoms with Crippen molar-refractivity contribution in [3.05, 3.63) is 40.3 Å². The molecule has 9 heteroatoms. The predicted octanol–water partition coefficient (Wildman–Crippen LogP) is 2.53. The zero-order valence-corrected chi connectivity index (χ0v) is 13.6. The van der Waals surface area contributed by atoms with E-state index in [2.05, 4.69) is 14.8 Å². The normalized spacial score (nSPS) is 11.5. The van der Waals surface area contributed by atoms with Gasteiger partial charge in [0.2, 0.25) is 5.88 Å². The summed E-state index contributed by atoms with van der Waals surface area (Å²) in [6, 6.07) is 1.82. The molecule has 0 radical (unpaired) electrons. The van der Waals surface area contributed by atoms with Crippen molar-refractivity contribution in [3.8, 4) is 5.88 Å². The van der Waals surface area contributed by atoms with Crippen LogP contribution < -0.4 is 4.74 Å². The van der Waals surface area contributed by atoms with Gasteiger partial charge in [-0.15, -0.1) is 0 Å². The number of carbonyl (C=O) groups is 1. The first-order valence-corrected chi connectivity index (χ1v) is 6.91. The third-order valence-corrected chi connectivity index (χ3v) is 3.50. The van der Waals surface area contributed by atoms with E-state index in [4.69, 9.17) is 4.74 Å². The number of aryl methyl sites for hydroxylation is 2. The van der Waals surface area contributed by atoms with Crippen LogP contribution in [0.2, 0.25) is 0 Å². The highest BCUT2D eigenvalue weighted by Crippen LogP contribution is 2.30. The molecular formula is C15H16F3N3O3. The molecule has 2 heterocycles. The molecule has 0 N–H and O–H groups in total. The summed E-state index contributed by atoms with van der Waals surface area (Å²) in [6.07, 6.45) is -4.66. The maximum absolute atomic E-state index is 12.9. The molecular weight excluding hydrogens is 327 g/mol. The summed E-state index contributed by atoms with van der Waals surface area (Å²) in [4.78, 5) is 15.5. The quantitative estimate of drug-likeness (QED) is 0.798. The molecule has 6 nitrogen and oxygen atoms in total. The van der Waals surface area contributed by atoms with Gasteiger partial charge in [0.1, 0.15) is 5.69 Å². The number of hydrogen-bond acceptors (Lipinski definition) is 5. The Hall–Kier alpha value is -2.58. The molecule has 0 spiro atoms. The maximum atomic E-state index is 12.9. The van der Waals surface area contributed by atoms with Gasteiger partial charge in [0, 0.05) is 19.0 Å². The van der Waals surface area contributed by atoms with Gasteiger partial charge >= 0.3 is 12.1 Å². The summed E-state index contributed by atoms with van der Waals surface area (Å²) in [6.45, 7) is 1.70. The van der Waals surface area contributed by atoms with Crippen LogP contribution in [0.25, 0.3) is 0 Å². The monoisotopic (exact) mass is 343 g/mol. The molecule has 0 aliphatic carbocycles. The van der Waals surface area contributed by atoms with Gasteiger partial charge in [0.15, 0.2) is 0 Å². The lowest BCUT2D eigenvalue weighted by atomic mass is 10.0. The average Bonchev–Trinajstić information content (AvgIpc) is 2.79. The highest BCUT2D eigenvalue weighted by atomic mass is 19.4. The number of nitrogens with zero attached hydrogens (tertiary/aromatic N) is 3. The Balaban J connectivity index is 2.57. The molecule has 0 amide bonds. The minimum Gasteiger partial charge on any atom is -0.481 e. The molecule has 2 aromatic heterocycles. The van der Waals surface area contributed by atoms with Crippen molar-refractivity contribution in [3.63, 3.8) is 0 Å². The number of esters is 1. The molecule has 0 unspecified atom stereocenters. The molecule has 24 heavy (non-hydrogen) atoms. The summed E-state index contributed by atoms with van der Waals surface area (Å²) in [5.74, 6) is -0.366. The SMILES string of the molecule is COC(=O)c1ccc(C(F)(F)F)nc1Cc1c(C)nn(C)c1OC.